The highest BCUT2D eigenvalue weighted by atomic mass is 16.5. The van der Waals surface area contributed by atoms with Crippen LogP contribution in [0.25, 0.3) is 0 Å². The van der Waals surface area contributed by atoms with Crippen molar-refractivity contribution in [2.45, 2.75) is 32.6 Å². The Morgan fingerprint density at radius 3 is 2.79 bits per heavy atom. The normalized spacial score (nSPS) is 15.7. The lowest BCUT2D eigenvalue weighted by Crippen LogP contribution is -2.20. The molecule has 1 fully saturated rings. The molecule has 1 saturated heterocycles. The molecular weight excluding hydrogens is 240 g/mol. The number of aryl methyl sites for hydroxylation is 1. The number of hydrogen-bond donors (Lipinski definition) is 1. The maximum atomic E-state index is 5.13. The molecule has 2 heterocycles. The smallest absolute Gasteiger partial charge is 0.218 e. The van der Waals surface area contributed by atoms with Crippen molar-refractivity contribution in [3.63, 3.8) is 0 Å². The topological polar surface area (TPSA) is 50.3 Å². The van der Waals surface area contributed by atoms with E-state index in [1.807, 2.05) is 13.0 Å². The first-order valence-electron chi connectivity index (χ1n) is 7.14. The number of anilines is 1. The highest BCUT2D eigenvalue weighted by Crippen LogP contribution is 2.13. The zero-order valence-electron chi connectivity index (χ0n) is 12.0. The Morgan fingerprint density at radius 2 is 2.05 bits per heavy atom. The third-order valence-corrected chi connectivity index (χ3v) is 3.43. The summed E-state index contributed by atoms with van der Waals surface area (Å²) in [5.74, 6) is 2.21. The van der Waals surface area contributed by atoms with Crippen LogP contribution in [-0.4, -0.2) is 48.2 Å². The molecular formula is C14H24N4O. The molecule has 0 aromatic carbocycles. The van der Waals surface area contributed by atoms with Gasteiger partial charge in [0.15, 0.2) is 0 Å². The molecule has 0 amide bonds. The van der Waals surface area contributed by atoms with Gasteiger partial charge >= 0.3 is 0 Å². The Balaban J connectivity index is 1.66. The maximum absolute atomic E-state index is 5.13. The third kappa shape index (κ3) is 4.67. The Kier molecular flexibility index (Phi) is 5.39. The molecule has 1 aromatic rings. The summed E-state index contributed by atoms with van der Waals surface area (Å²) in [4.78, 5) is 11.1. The number of nitrogens with one attached hydrogen (secondary N) is 1. The Bertz CT molecular complexity index is 391. The van der Waals surface area contributed by atoms with Gasteiger partial charge in [-0.25, -0.2) is 4.98 Å². The molecule has 0 unspecified atom stereocenters. The standard InChI is InChI=1S/C14H24N4O/c1-12-16-13(11-14(17-12)19-2)15-7-3-4-8-18-9-5-6-10-18/h11H,3-10H2,1-2H3,(H,15,16,17). The van der Waals surface area contributed by atoms with Gasteiger partial charge in [0, 0.05) is 12.6 Å². The first-order valence-corrected chi connectivity index (χ1v) is 7.14. The number of aromatic nitrogens is 2. The van der Waals surface area contributed by atoms with Crippen molar-refractivity contribution >= 4 is 5.82 Å². The van der Waals surface area contributed by atoms with E-state index in [0.29, 0.717) is 5.88 Å². The van der Waals surface area contributed by atoms with Gasteiger partial charge in [0.2, 0.25) is 5.88 Å². The molecule has 0 atom stereocenters. The second-order valence-electron chi connectivity index (χ2n) is 5.03. The lowest BCUT2D eigenvalue weighted by Gasteiger charge is -2.14. The second kappa shape index (κ2) is 7.28. The zero-order valence-corrected chi connectivity index (χ0v) is 12.0. The Hall–Kier alpha value is -1.36. The van der Waals surface area contributed by atoms with Crippen molar-refractivity contribution in [3.05, 3.63) is 11.9 Å². The van der Waals surface area contributed by atoms with Crippen LogP contribution >= 0.6 is 0 Å². The van der Waals surface area contributed by atoms with Gasteiger partial charge in [-0.05, 0) is 52.2 Å². The summed E-state index contributed by atoms with van der Waals surface area (Å²) in [6.07, 6.45) is 5.16. The van der Waals surface area contributed by atoms with E-state index in [1.165, 1.54) is 45.3 Å². The molecule has 0 aliphatic carbocycles. The first-order chi connectivity index (χ1) is 9.28. The molecule has 1 aliphatic heterocycles. The fourth-order valence-corrected chi connectivity index (χ4v) is 2.42. The summed E-state index contributed by atoms with van der Waals surface area (Å²) >= 11 is 0. The summed E-state index contributed by atoms with van der Waals surface area (Å²) < 4.78 is 5.13. The molecule has 0 saturated carbocycles. The molecule has 5 nitrogen and oxygen atoms in total. The summed E-state index contributed by atoms with van der Waals surface area (Å²) in [6, 6.07) is 1.84. The number of nitrogens with zero attached hydrogens (tertiary/aromatic N) is 3. The van der Waals surface area contributed by atoms with E-state index in [0.717, 1.165) is 18.2 Å². The number of unbranched alkanes of at least 4 members (excludes halogenated alkanes) is 1. The number of hydrogen-bond acceptors (Lipinski definition) is 5. The van der Waals surface area contributed by atoms with Gasteiger partial charge in [0.1, 0.15) is 11.6 Å². The van der Waals surface area contributed by atoms with Crippen LogP contribution in [0.4, 0.5) is 5.82 Å². The van der Waals surface area contributed by atoms with Crippen LogP contribution in [0.15, 0.2) is 6.07 Å². The highest BCUT2D eigenvalue weighted by molar-refractivity contribution is 5.38. The van der Waals surface area contributed by atoms with Crippen molar-refractivity contribution in [2.24, 2.45) is 0 Å². The fourth-order valence-electron chi connectivity index (χ4n) is 2.42. The molecule has 1 aromatic heterocycles. The van der Waals surface area contributed by atoms with E-state index in [-0.39, 0.29) is 0 Å². The average molecular weight is 264 g/mol. The van der Waals surface area contributed by atoms with Gasteiger partial charge in [-0.1, -0.05) is 0 Å². The highest BCUT2D eigenvalue weighted by Gasteiger charge is 2.10. The van der Waals surface area contributed by atoms with Gasteiger partial charge < -0.3 is 15.0 Å². The summed E-state index contributed by atoms with van der Waals surface area (Å²) in [7, 11) is 1.63. The fraction of sp³-hybridized carbons (Fsp3) is 0.714. The zero-order chi connectivity index (χ0) is 13.5. The van der Waals surface area contributed by atoms with E-state index in [2.05, 4.69) is 20.2 Å². The Morgan fingerprint density at radius 1 is 1.26 bits per heavy atom. The maximum Gasteiger partial charge on any atom is 0.218 e. The number of rotatable bonds is 7. The minimum absolute atomic E-state index is 0.618. The molecule has 0 radical (unpaired) electrons. The van der Waals surface area contributed by atoms with Gasteiger partial charge in [0.25, 0.3) is 0 Å². The van der Waals surface area contributed by atoms with E-state index in [1.54, 1.807) is 7.11 Å². The van der Waals surface area contributed by atoms with E-state index < -0.39 is 0 Å². The van der Waals surface area contributed by atoms with Gasteiger partial charge in [0.05, 0.1) is 7.11 Å². The predicted molar refractivity (Wildman–Crippen MR) is 76.7 cm³/mol. The quantitative estimate of drug-likeness (QED) is 0.764. The number of likely N-dealkylation sites (tertiary alicyclic amines) is 1. The monoisotopic (exact) mass is 264 g/mol. The molecule has 5 heteroatoms. The lowest BCUT2D eigenvalue weighted by atomic mass is 10.3. The van der Waals surface area contributed by atoms with Crippen molar-refractivity contribution in [1.29, 1.82) is 0 Å². The summed E-state index contributed by atoms with van der Waals surface area (Å²) in [6.45, 7) is 6.63. The number of methoxy groups -OCH3 is 1. The summed E-state index contributed by atoms with van der Waals surface area (Å²) in [5, 5.41) is 3.34. The van der Waals surface area contributed by atoms with Gasteiger partial charge in [-0.15, -0.1) is 0 Å². The van der Waals surface area contributed by atoms with Crippen molar-refractivity contribution in [1.82, 2.24) is 14.9 Å². The van der Waals surface area contributed by atoms with Crippen LogP contribution in [-0.2, 0) is 0 Å². The molecule has 106 valence electrons. The van der Waals surface area contributed by atoms with Crippen LogP contribution in [0.2, 0.25) is 0 Å². The van der Waals surface area contributed by atoms with Crippen molar-refractivity contribution < 1.29 is 4.74 Å². The second-order valence-corrected chi connectivity index (χ2v) is 5.03. The minimum atomic E-state index is 0.618. The first kappa shape index (κ1) is 14.1. The van der Waals surface area contributed by atoms with E-state index in [9.17, 15) is 0 Å². The molecule has 1 N–H and O–H groups in total. The van der Waals surface area contributed by atoms with E-state index in [4.69, 9.17) is 4.74 Å². The van der Waals surface area contributed by atoms with Crippen LogP contribution in [0, 0.1) is 6.92 Å². The molecule has 2 rings (SSSR count). The third-order valence-electron chi connectivity index (χ3n) is 3.43. The van der Waals surface area contributed by atoms with Gasteiger partial charge in [-0.3, -0.25) is 0 Å². The molecule has 0 bridgehead atoms. The SMILES string of the molecule is COc1cc(NCCCCN2CCCC2)nc(C)n1. The molecule has 19 heavy (non-hydrogen) atoms. The van der Waals surface area contributed by atoms with Crippen LogP contribution in [0.1, 0.15) is 31.5 Å². The predicted octanol–water partition coefficient (Wildman–Crippen LogP) is 2.08. The van der Waals surface area contributed by atoms with E-state index >= 15 is 0 Å². The van der Waals surface area contributed by atoms with Gasteiger partial charge in [-0.2, -0.15) is 4.98 Å². The van der Waals surface area contributed by atoms with Crippen molar-refractivity contribution in [3.8, 4) is 5.88 Å². The summed E-state index contributed by atoms with van der Waals surface area (Å²) in [5.41, 5.74) is 0. The molecule has 0 spiro atoms. The average Bonchev–Trinajstić information content (AvgIpc) is 2.91. The van der Waals surface area contributed by atoms with Crippen LogP contribution in [0.5, 0.6) is 5.88 Å². The van der Waals surface area contributed by atoms with Crippen molar-refractivity contribution in [2.75, 3.05) is 38.6 Å². The Labute approximate surface area is 115 Å². The minimum Gasteiger partial charge on any atom is -0.481 e. The molecule has 1 aliphatic rings. The number of ether oxygens (including phenoxy) is 1. The van der Waals surface area contributed by atoms with Crippen LogP contribution < -0.4 is 10.1 Å². The van der Waals surface area contributed by atoms with Crippen LogP contribution in [0.3, 0.4) is 0 Å². The lowest BCUT2D eigenvalue weighted by molar-refractivity contribution is 0.331. The largest absolute Gasteiger partial charge is 0.481 e.